The first kappa shape index (κ1) is 25.5. The van der Waals surface area contributed by atoms with Crippen molar-refractivity contribution in [2.45, 2.75) is 58.7 Å². The lowest BCUT2D eigenvalue weighted by molar-refractivity contribution is -0.129. The third-order valence-corrected chi connectivity index (χ3v) is 6.27. The van der Waals surface area contributed by atoms with Gasteiger partial charge >= 0.3 is 0 Å². The summed E-state index contributed by atoms with van der Waals surface area (Å²) < 4.78 is 11.5. The number of aromatic nitrogens is 1. The minimum atomic E-state index is -0.513. The average molecular weight is 500 g/mol. The van der Waals surface area contributed by atoms with Crippen LogP contribution in [-0.2, 0) is 11.2 Å². The quantitative estimate of drug-likeness (QED) is 0.547. The van der Waals surface area contributed by atoms with Gasteiger partial charge in [0.05, 0.1) is 29.9 Å². The van der Waals surface area contributed by atoms with E-state index in [1.54, 1.807) is 17.0 Å². The number of rotatable bonds is 6. The van der Waals surface area contributed by atoms with Crippen LogP contribution in [0.4, 0.5) is 11.5 Å². The Balaban J connectivity index is 1.59. The van der Waals surface area contributed by atoms with Crippen molar-refractivity contribution in [1.82, 2.24) is 15.2 Å². The van der Waals surface area contributed by atoms with E-state index in [-0.39, 0.29) is 47.6 Å². The molecular formula is C25H33N5O6. The largest absolute Gasteiger partial charge is 0.473 e. The molecule has 0 bridgehead atoms. The number of amides is 3. The lowest BCUT2D eigenvalue weighted by Gasteiger charge is -2.41. The molecule has 1 fully saturated rings. The Hall–Kier alpha value is -3.60. The Bertz CT molecular complexity index is 1170. The molecule has 0 spiro atoms. The first-order valence-corrected chi connectivity index (χ1v) is 12.0. The van der Waals surface area contributed by atoms with E-state index >= 15 is 0 Å². The van der Waals surface area contributed by atoms with Crippen molar-refractivity contribution in [3.63, 3.8) is 0 Å². The molecule has 0 aliphatic carbocycles. The highest BCUT2D eigenvalue weighted by Gasteiger charge is 2.36. The first-order chi connectivity index (χ1) is 17.0. The minimum absolute atomic E-state index is 0.0402. The second-order valence-corrected chi connectivity index (χ2v) is 10.1. The number of aliphatic hydroxyl groups is 1. The fourth-order valence-electron chi connectivity index (χ4n) is 4.55. The topological polar surface area (TPSA) is 137 Å². The molecule has 2 aromatic rings. The van der Waals surface area contributed by atoms with E-state index < -0.39 is 11.4 Å². The maximum absolute atomic E-state index is 13.2. The van der Waals surface area contributed by atoms with Crippen molar-refractivity contribution in [3.05, 3.63) is 35.3 Å². The van der Waals surface area contributed by atoms with E-state index in [0.29, 0.717) is 43.3 Å². The van der Waals surface area contributed by atoms with Gasteiger partial charge in [0.2, 0.25) is 11.8 Å². The van der Waals surface area contributed by atoms with Gasteiger partial charge in [-0.1, -0.05) is 0 Å². The normalized spacial score (nSPS) is 19.1. The summed E-state index contributed by atoms with van der Waals surface area (Å²) in [6.45, 7) is 10.2. The van der Waals surface area contributed by atoms with Crippen LogP contribution in [0.5, 0.6) is 5.88 Å². The maximum atomic E-state index is 13.2. The number of hydrogen-bond acceptors (Lipinski definition) is 8. The SMILES string of the molecule is CC(=O)N1CCN(c2ccc(NC(=O)c3coc4c3C(=O)NC(C)(C)C4)c(OC(C)C)n2)[C@@H](CO)C1. The highest BCUT2D eigenvalue weighted by Crippen LogP contribution is 2.31. The van der Waals surface area contributed by atoms with Crippen LogP contribution in [0.2, 0.25) is 0 Å². The fourth-order valence-corrected chi connectivity index (χ4v) is 4.55. The van der Waals surface area contributed by atoms with E-state index in [4.69, 9.17) is 9.15 Å². The highest BCUT2D eigenvalue weighted by atomic mass is 16.5. The summed E-state index contributed by atoms with van der Waals surface area (Å²) in [6, 6.07) is 3.09. The molecule has 0 saturated carbocycles. The van der Waals surface area contributed by atoms with Gasteiger partial charge in [0.1, 0.15) is 23.5 Å². The van der Waals surface area contributed by atoms with Gasteiger partial charge in [-0.3, -0.25) is 14.4 Å². The zero-order valence-electron chi connectivity index (χ0n) is 21.3. The smallest absolute Gasteiger partial charge is 0.259 e. The summed E-state index contributed by atoms with van der Waals surface area (Å²) in [5.41, 5.74) is 0.248. The summed E-state index contributed by atoms with van der Waals surface area (Å²) >= 11 is 0. The van der Waals surface area contributed by atoms with Crippen LogP contribution in [0.15, 0.2) is 22.8 Å². The van der Waals surface area contributed by atoms with Gasteiger partial charge in [0.25, 0.3) is 11.8 Å². The number of carbonyl (C=O) groups excluding carboxylic acids is 3. The summed E-state index contributed by atoms with van der Waals surface area (Å²) in [4.78, 5) is 45.9. The summed E-state index contributed by atoms with van der Waals surface area (Å²) in [7, 11) is 0. The molecule has 194 valence electrons. The average Bonchev–Trinajstić information content (AvgIpc) is 3.22. The Kier molecular flexibility index (Phi) is 6.94. The lowest BCUT2D eigenvalue weighted by Crippen LogP contribution is -2.56. The molecule has 3 N–H and O–H groups in total. The summed E-state index contributed by atoms with van der Waals surface area (Å²) in [6.07, 6.45) is 1.55. The van der Waals surface area contributed by atoms with Gasteiger partial charge in [-0.05, 0) is 39.8 Å². The molecule has 1 atom stereocenters. The molecular weight excluding hydrogens is 466 g/mol. The van der Waals surface area contributed by atoms with E-state index in [1.807, 2.05) is 32.6 Å². The van der Waals surface area contributed by atoms with E-state index in [2.05, 4.69) is 15.6 Å². The third-order valence-electron chi connectivity index (χ3n) is 6.27. The zero-order valence-corrected chi connectivity index (χ0v) is 21.3. The lowest BCUT2D eigenvalue weighted by atomic mass is 9.91. The number of ether oxygens (including phenoxy) is 1. The molecule has 36 heavy (non-hydrogen) atoms. The van der Waals surface area contributed by atoms with Crippen molar-refractivity contribution in [3.8, 4) is 5.88 Å². The summed E-state index contributed by atoms with van der Waals surface area (Å²) in [5.74, 6) is 0.341. The number of hydrogen-bond donors (Lipinski definition) is 3. The molecule has 4 heterocycles. The van der Waals surface area contributed by atoms with Crippen LogP contribution >= 0.6 is 0 Å². The van der Waals surface area contributed by atoms with Crippen molar-refractivity contribution in [1.29, 1.82) is 0 Å². The maximum Gasteiger partial charge on any atom is 0.259 e. The molecule has 11 nitrogen and oxygen atoms in total. The van der Waals surface area contributed by atoms with E-state index in [0.717, 1.165) is 0 Å². The molecule has 4 rings (SSSR count). The number of pyridine rings is 1. The van der Waals surface area contributed by atoms with Crippen LogP contribution < -0.4 is 20.3 Å². The number of carbonyl (C=O) groups is 3. The van der Waals surface area contributed by atoms with E-state index in [9.17, 15) is 19.5 Å². The molecule has 2 aliphatic heterocycles. The van der Waals surface area contributed by atoms with Crippen LogP contribution in [0.3, 0.4) is 0 Å². The van der Waals surface area contributed by atoms with Crippen LogP contribution in [-0.4, -0.2) is 76.6 Å². The Morgan fingerprint density at radius 3 is 2.75 bits per heavy atom. The Morgan fingerprint density at radius 2 is 2.08 bits per heavy atom. The number of nitrogens with zero attached hydrogens (tertiary/aromatic N) is 3. The van der Waals surface area contributed by atoms with Crippen molar-refractivity contribution in [2.24, 2.45) is 0 Å². The van der Waals surface area contributed by atoms with Gasteiger partial charge in [-0.15, -0.1) is 0 Å². The summed E-state index contributed by atoms with van der Waals surface area (Å²) in [5, 5.41) is 15.6. The predicted octanol–water partition coefficient (Wildman–Crippen LogP) is 1.81. The van der Waals surface area contributed by atoms with Crippen LogP contribution in [0.1, 0.15) is 61.1 Å². The molecule has 2 aromatic heterocycles. The van der Waals surface area contributed by atoms with Crippen molar-refractivity contribution in [2.75, 3.05) is 36.5 Å². The number of anilines is 2. The van der Waals surface area contributed by atoms with E-state index in [1.165, 1.54) is 13.2 Å². The number of furan rings is 1. The van der Waals surface area contributed by atoms with Gasteiger partial charge in [0, 0.05) is 38.5 Å². The fraction of sp³-hybridized carbons (Fsp3) is 0.520. The molecule has 2 aliphatic rings. The van der Waals surface area contributed by atoms with Crippen molar-refractivity contribution < 1.29 is 28.6 Å². The monoisotopic (exact) mass is 499 g/mol. The standard InChI is InChI=1S/C25H33N5O6/c1-14(2)36-24-18(6-7-20(27-24)30-9-8-29(15(3)32)11-16(30)12-31)26-22(33)17-13-35-19-10-25(4,5)28-23(34)21(17)19/h6-7,13-14,16,31H,8-12H2,1-5H3,(H,26,33)(H,28,34)/t16-/m1/s1. The molecule has 0 unspecified atom stereocenters. The number of fused-ring (bicyclic) bond motifs is 1. The zero-order chi connectivity index (χ0) is 26.2. The predicted molar refractivity (Wildman–Crippen MR) is 132 cm³/mol. The number of nitrogens with one attached hydrogen (secondary N) is 2. The van der Waals surface area contributed by atoms with Gasteiger partial charge < -0.3 is 34.7 Å². The first-order valence-electron chi connectivity index (χ1n) is 12.0. The van der Waals surface area contributed by atoms with Crippen molar-refractivity contribution >= 4 is 29.2 Å². The Morgan fingerprint density at radius 1 is 1.33 bits per heavy atom. The Labute approximate surface area is 209 Å². The number of aliphatic hydroxyl groups excluding tert-OH is 1. The molecule has 1 saturated heterocycles. The molecule has 0 aromatic carbocycles. The molecule has 0 radical (unpaired) electrons. The third kappa shape index (κ3) is 5.15. The van der Waals surface area contributed by atoms with Crippen LogP contribution in [0, 0.1) is 0 Å². The van der Waals surface area contributed by atoms with Gasteiger partial charge in [-0.2, -0.15) is 4.98 Å². The molecule has 11 heteroatoms. The van der Waals surface area contributed by atoms with Gasteiger partial charge in [-0.25, -0.2) is 0 Å². The minimum Gasteiger partial charge on any atom is -0.473 e. The van der Waals surface area contributed by atoms with Crippen LogP contribution in [0.25, 0.3) is 0 Å². The highest BCUT2D eigenvalue weighted by molar-refractivity contribution is 6.13. The second kappa shape index (κ2) is 9.81. The van der Waals surface area contributed by atoms with Gasteiger partial charge in [0.15, 0.2) is 0 Å². The molecule has 3 amide bonds. The number of piperazine rings is 1. The second-order valence-electron chi connectivity index (χ2n) is 10.1.